The van der Waals surface area contributed by atoms with Crippen molar-refractivity contribution in [1.29, 1.82) is 0 Å². The molecule has 2 heterocycles. The van der Waals surface area contributed by atoms with Crippen LogP contribution in [-0.2, 0) is 22.5 Å². The van der Waals surface area contributed by atoms with E-state index >= 15 is 0 Å². The quantitative estimate of drug-likeness (QED) is 0.878. The topological polar surface area (TPSA) is 71.5 Å². The Hall–Kier alpha value is -1.63. The Bertz CT molecular complexity index is 487. The highest BCUT2D eigenvalue weighted by Gasteiger charge is 2.24. The summed E-state index contributed by atoms with van der Waals surface area (Å²) < 4.78 is 4.77. The van der Waals surface area contributed by atoms with Crippen LogP contribution in [0.15, 0.2) is 0 Å². The summed E-state index contributed by atoms with van der Waals surface area (Å²) in [6, 6.07) is 0. The highest BCUT2D eigenvalue weighted by molar-refractivity contribution is 7.11. The smallest absolute Gasteiger partial charge is 0.410 e. The lowest BCUT2D eigenvalue weighted by molar-refractivity contribution is -0.121. The van der Waals surface area contributed by atoms with Crippen LogP contribution in [0.4, 0.5) is 4.79 Å². The number of nitrogens with zero attached hydrogens (tertiary/aromatic N) is 2. The summed E-state index contributed by atoms with van der Waals surface area (Å²) in [5.41, 5.74) is 0.961. The van der Waals surface area contributed by atoms with Crippen LogP contribution < -0.4 is 5.32 Å². The van der Waals surface area contributed by atoms with Crippen molar-refractivity contribution in [2.45, 2.75) is 26.8 Å². The molecule has 0 spiro atoms. The summed E-state index contributed by atoms with van der Waals surface area (Å²) in [4.78, 5) is 29.8. The number of hydrogen-bond acceptors (Lipinski definition) is 5. The van der Waals surface area contributed by atoms with Crippen molar-refractivity contribution < 1.29 is 14.3 Å². The summed E-state index contributed by atoms with van der Waals surface area (Å²) in [6.45, 7) is 5.35. The number of carbonyl (C=O) groups is 2. The van der Waals surface area contributed by atoms with Crippen LogP contribution in [0.5, 0.6) is 0 Å². The van der Waals surface area contributed by atoms with E-state index in [4.69, 9.17) is 4.74 Å². The van der Waals surface area contributed by atoms with Crippen molar-refractivity contribution in [3.8, 4) is 0 Å². The number of hydrogen-bond donors (Lipinski definition) is 1. The molecule has 2 rings (SSSR count). The van der Waals surface area contributed by atoms with Crippen LogP contribution in [0.2, 0.25) is 0 Å². The van der Waals surface area contributed by atoms with Crippen molar-refractivity contribution in [2.75, 3.05) is 19.7 Å². The van der Waals surface area contributed by atoms with Gasteiger partial charge < -0.3 is 10.1 Å². The lowest BCUT2D eigenvalue weighted by Crippen LogP contribution is -2.37. The number of aromatic nitrogens is 1. The molecule has 6 nitrogen and oxygen atoms in total. The molecule has 0 aromatic carbocycles. The minimum atomic E-state index is -0.419. The zero-order valence-electron chi connectivity index (χ0n) is 11.1. The van der Waals surface area contributed by atoms with Gasteiger partial charge >= 0.3 is 6.09 Å². The number of ether oxygens (including phenoxy) is 1. The Morgan fingerprint density at radius 1 is 1.58 bits per heavy atom. The number of carbonyl (C=O) groups excluding carboxylic acids is 2. The van der Waals surface area contributed by atoms with Gasteiger partial charge in [-0.1, -0.05) is 6.92 Å². The molecule has 1 aromatic heterocycles. The zero-order valence-corrected chi connectivity index (χ0v) is 11.9. The molecule has 104 valence electrons. The molecule has 19 heavy (non-hydrogen) atoms. The van der Waals surface area contributed by atoms with Crippen LogP contribution in [0.25, 0.3) is 0 Å². The third-order valence-corrected chi connectivity index (χ3v) is 4.17. The molecule has 7 heteroatoms. The Labute approximate surface area is 115 Å². The maximum atomic E-state index is 11.7. The van der Waals surface area contributed by atoms with E-state index in [1.807, 2.05) is 6.92 Å². The van der Waals surface area contributed by atoms with Crippen LogP contribution >= 0.6 is 11.3 Å². The second-order valence-corrected chi connectivity index (χ2v) is 5.45. The number of cyclic esters (lactones) is 1. The Balaban J connectivity index is 1.82. The molecule has 1 fully saturated rings. The summed E-state index contributed by atoms with van der Waals surface area (Å²) in [6.07, 6.45) is 0.483. The molecule has 1 saturated heterocycles. The third kappa shape index (κ3) is 3.44. The fraction of sp³-hybridized carbons (Fsp3) is 0.583. The van der Waals surface area contributed by atoms with E-state index in [1.165, 1.54) is 4.90 Å². The van der Waals surface area contributed by atoms with E-state index < -0.39 is 6.09 Å². The van der Waals surface area contributed by atoms with Crippen LogP contribution in [0, 0.1) is 6.92 Å². The van der Waals surface area contributed by atoms with E-state index in [0.29, 0.717) is 19.7 Å². The van der Waals surface area contributed by atoms with E-state index in [-0.39, 0.29) is 12.5 Å². The van der Waals surface area contributed by atoms with E-state index in [2.05, 4.69) is 17.2 Å². The van der Waals surface area contributed by atoms with Gasteiger partial charge in [0.25, 0.3) is 0 Å². The first-order valence-corrected chi connectivity index (χ1v) is 7.05. The van der Waals surface area contributed by atoms with Crippen molar-refractivity contribution in [1.82, 2.24) is 15.2 Å². The van der Waals surface area contributed by atoms with Crippen LogP contribution in [-0.4, -0.2) is 41.6 Å². The average Bonchev–Trinajstić information content (AvgIpc) is 2.94. The second kappa shape index (κ2) is 6.01. The van der Waals surface area contributed by atoms with Gasteiger partial charge in [-0.15, -0.1) is 11.3 Å². The largest absolute Gasteiger partial charge is 0.448 e. The number of nitrogens with one attached hydrogen (secondary N) is 1. The fourth-order valence-electron chi connectivity index (χ4n) is 1.78. The predicted octanol–water partition coefficient (Wildman–Crippen LogP) is 1.08. The molecular weight excluding hydrogens is 266 g/mol. The molecule has 1 N–H and O–H groups in total. The first-order valence-electron chi connectivity index (χ1n) is 6.23. The summed E-state index contributed by atoms with van der Waals surface area (Å²) in [5.74, 6) is -0.176. The maximum absolute atomic E-state index is 11.7. The Morgan fingerprint density at radius 2 is 2.37 bits per heavy atom. The second-order valence-electron chi connectivity index (χ2n) is 4.28. The highest BCUT2D eigenvalue weighted by atomic mass is 32.1. The molecule has 0 bridgehead atoms. The Morgan fingerprint density at radius 3 is 2.95 bits per heavy atom. The van der Waals surface area contributed by atoms with Crippen molar-refractivity contribution in [2.24, 2.45) is 0 Å². The fourth-order valence-corrected chi connectivity index (χ4v) is 2.73. The SMILES string of the molecule is CCc1nc(C)c(CNC(=O)CN2CCOC2=O)s1. The lowest BCUT2D eigenvalue weighted by Gasteiger charge is -2.11. The van der Waals surface area contributed by atoms with Crippen molar-refractivity contribution >= 4 is 23.3 Å². The molecule has 1 aliphatic rings. The Kier molecular flexibility index (Phi) is 4.36. The van der Waals surface area contributed by atoms with E-state index in [9.17, 15) is 9.59 Å². The van der Waals surface area contributed by atoms with Crippen molar-refractivity contribution in [3.05, 3.63) is 15.6 Å². The summed E-state index contributed by atoms with van der Waals surface area (Å²) in [7, 11) is 0. The monoisotopic (exact) mass is 283 g/mol. The molecule has 1 aliphatic heterocycles. The highest BCUT2D eigenvalue weighted by Crippen LogP contribution is 2.18. The maximum Gasteiger partial charge on any atom is 0.410 e. The van der Waals surface area contributed by atoms with Crippen LogP contribution in [0.3, 0.4) is 0 Å². The molecule has 0 atom stereocenters. The minimum Gasteiger partial charge on any atom is -0.448 e. The average molecular weight is 283 g/mol. The zero-order chi connectivity index (χ0) is 13.8. The normalized spacial score (nSPS) is 14.6. The van der Waals surface area contributed by atoms with Crippen LogP contribution in [0.1, 0.15) is 22.5 Å². The van der Waals surface area contributed by atoms with Gasteiger partial charge in [0.05, 0.1) is 23.8 Å². The van der Waals surface area contributed by atoms with Gasteiger partial charge in [0.2, 0.25) is 5.91 Å². The molecule has 0 saturated carbocycles. The lowest BCUT2D eigenvalue weighted by atomic mass is 10.4. The predicted molar refractivity (Wildman–Crippen MR) is 71.0 cm³/mol. The van der Waals surface area contributed by atoms with E-state index in [1.54, 1.807) is 11.3 Å². The molecule has 2 amide bonds. The first-order chi connectivity index (χ1) is 9.10. The summed E-state index contributed by atoms with van der Waals surface area (Å²) in [5, 5.41) is 3.88. The standard InChI is InChI=1S/C12H17N3O3S/c1-3-11-14-8(2)9(19-11)6-13-10(16)7-15-4-5-18-12(15)17/h3-7H2,1-2H3,(H,13,16). The van der Waals surface area contributed by atoms with Gasteiger partial charge in [0.15, 0.2) is 0 Å². The van der Waals surface area contributed by atoms with E-state index in [0.717, 1.165) is 22.0 Å². The molecule has 1 aromatic rings. The minimum absolute atomic E-state index is 0.0529. The molecule has 0 radical (unpaired) electrons. The summed E-state index contributed by atoms with van der Waals surface area (Å²) >= 11 is 1.61. The molecule has 0 aliphatic carbocycles. The van der Waals surface area contributed by atoms with Gasteiger partial charge in [-0.05, 0) is 13.3 Å². The number of rotatable bonds is 5. The van der Waals surface area contributed by atoms with Gasteiger partial charge in [-0.2, -0.15) is 0 Å². The number of amides is 2. The number of thiazole rings is 1. The molecular formula is C12H17N3O3S. The van der Waals surface area contributed by atoms with Gasteiger partial charge in [-0.25, -0.2) is 9.78 Å². The van der Waals surface area contributed by atoms with Crippen molar-refractivity contribution in [3.63, 3.8) is 0 Å². The third-order valence-electron chi connectivity index (χ3n) is 2.86. The van der Waals surface area contributed by atoms with Gasteiger partial charge in [0, 0.05) is 4.88 Å². The van der Waals surface area contributed by atoms with Gasteiger partial charge in [0.1, 0.15) is 13.2 Å². The van der Waals surface area contributed by atoms with Gasteiger partial charge in [-0.3, -0.25) is 9.69 Å². The molecule has 0 unspecified atom stereocenters. The number of aryl methyl sites for hydroxylation is 2. The first kappa shape index (κ1) is 13.8.